The first-order valence-corrected chi connectivity index (χ1v) is 6.04. The second-order valence-electron chi connectivity index (χ2n) is 2.55. The molecule has 0 aliphatic rings. The monoisotopic (exact) mass is 320 g/mol. The van der Waals surface area contributed by atoms with Crippen molar-refractivity contribution in [3.05, 3.63) is 27.1 Å². The van der Waals surface area contributed by atoms with Gasteiger partial charge in [0.2, 0.25) is 0 Å². The van der Waals surface area contributed by atoms with Crippen molar-refractivity contribution >= 4 is 53.3 Å². The molecular weight excluding hydrogens is 316 g/mol. The summed E-state index contributed by atoms with van der Waals surface area (Å²) in [6, 6.07) is 6.19. The first-order valence-electron chi connectivity index (χ1n) is 3.64. The van der Waals surface area contributed by atoms with Gasteiger partial charge >= 0.3 is 0 Å². The fraction of sp³-hybridized carbons (Fsp3) is 0.111. The van der Waals surface area contributed by atoms with Crippen LogP contribution in [-0.2, 0) is 0 Å². The molecular formula is C9H6Br2OS. The highest BCUT2D eigenvalue weighted by Crippen LogP contribution is 2.42. The molecule has 68 valence electrons. The van der Waals surface area contributed by atoms with E-state index in [0.29, 0.717) is 0 Å². The number of ether oxygens (including phenoxy) is 1. The van der Waals surface area contributed by atoms with Crippen LogP contribution < -0.4 is 4.74 Å². The van der Waals surface area contributed by atoms with Gasteiger partial charge in [-0.05, 0) is 28.1 Å². The molecule has 0 atom stereocenters. The third kappa shape index (κ3) is 1.63. The van der Waals surface area contributed by atoms with Gasteiger partial charge in [-0.1, -0.05) is 33.3 Å². The first kappa shape index (κ1) is 9.49. The summed E-state index contributed by atoms with van der Waals surface area (Å²) in [5.41, 5.74) is 0. The van der Waals surface area contributed by atoms with Gasteiger partial charge in [-0.25, -0.2) is 0 Å². The molecule has 13 heavy (non-hydrogen) atoms. The summed E-state index contributed by atoms with van der Waals surface area (Å²) < 4.78 is 8.58. The fourth-order valence-electron chi connectivity index (χ4n) is 1.15. The standard InChI is InChI=1S/C9H6Br2OS/c1-12-9-8(11)6-3-2-5(10)4-7(6)13-9/h2-4H,1H3. The van der Waals surface area contributed by atoms with E-state index in [-0.39, 0.29) is 0 Å². The maximum atomic E-state index is 5.23. The number of methoxy groups -OCH3 is 1. The van der Waals surface area contributed by atoms with Crippen LogP contribution >= 0.6 is 43.2 Å². The Labute approximate surface area is 97.0 Å². The molecule has 1 heterocycles. The smallest absolute Gasteiger partial charge is 0.189 e. The van der Waals surface area contributed by atoms with Crippen LogP contribution in [0.4, 0.5) is 0 Å². The van der Waals surface area contributed by atoms with Crippen molar-refractivity contribution in [3.63, 3.8) is 0 Å². The SMILES string of the molecule is COc1sc2cc(Br)ccc2c1Br. The Hall–Kier alpha value is -0.0600. The fourth-order valence-corrected chi connectivity index (χ4v) is 3.49. The van der Waals surface area contributed by atoms with Crippen molar-refractivity contribution in [2.75, 3.05) is 7.11 Å². The van der Waals surface area contributed by atoms with Gasteiger partial charge in [-0.2, -0.15) is 0 Å². The van der Waals surface area contributed by atoms with Gasteiger partial charge in [0.25, 0.3) is 0 Å². The van der Waals surface area contributed by atoms with Gasteiger partial charge in [0.15, 0.2) is 5.06 Å². The zero-order valence-electron chi connectivity index (χ0n) is 6.80. The summed E-state index contributed by atoms with van der Waals surface area (Å²) >= 11 is 8.58. The number of halogens is 2. The van der Waals surface area contributed by atoms with E-state index in [4.69, 9.17) is 4.74 Å². The van der Waals surface area contributed by atoms with E-state index in [0.717, 1.165) is 14.0 Å². The molecule has 1 aromatic heterocycles. The van der Waals surface area contributed by atoms with Crippen LogP contribution in [0.25, 0.3) is 10.1 Å². The van der Waals surface area contributed by atoms with Crippen LogP contribution in [0.5, 0.6) is 5.06 Å². The van der Waals surface area contributed by atoms with E-state index in [1.807, 2.05) is 6.07 Å². The minimum atomic E-state index is 0.924. The van der Waals surface area contributed by atoms with E-state index in [9.17, 15) is 0 Å². The molecule has 0 N–H and O–H groups in total. The van der Waals surface area contributed by atoms with Crippen LogP contribution in [0.3, 0.4) is 0 Å². The Morgan fingerprint density at radius 1 is 1.31 bits per heavy atom. The first-order chi connectivity index (χ1) is 6.22. The van der Waals surface area contributed by atoms with Crippen molar-refractivity contribution < 1.29 is 4.74 Å². The molecule has 4 heteroatoms. The minimum absolute atomic E-state index is 0.924. The molecule has 2 aromatic rings. The second kappa shape index (κ2) is 3.59. The van der Waals surface area contributed by atoms with Crippen molar-refractivity contribution in [3.8, 4) is 5.06 Å². The van der Waals surface area contributed by atoms with Crippen LogP contribution in [0.2, 0.25) is 0 Å². The van der Waals surface area contributed by atoms with Crippen LogP contribution in [0.1, 0.15) is 0 Å². The van der Waals surface area contributed by atoms with Gasteiger partial charge in [0, 0.05) is 14.6 Å². The largest absolute Gasteiger partial charge is 0.486 e. The molecule has 0 spiro atoms. The summed E-state index contributed by atoms with van der Waals surface area (Å²) in [6.45, 7) is 0. The van der Waals surface area contributed by atoms with Gasteiger partial charge in [-0.3, -0.25) is 0 Å². The molecule has 0 radical (unpaired) electrons. The lowest BCUT2D eigenvalue weighted by molar-refractivity contribution is 0.425. The molecule has 0 aliphatic heterocycles. The highest BCUT2D eigenvalue weighted by Gasteiger charge is 2.09. The number of hydrogen-bond donors (Lipinski definition) is 0. The maximum Gasteiger partial charge on any atom is 0.189 e. The van der Waals surface area contributed by atoms with Crippen LogP contribution in [0, 0.1) is 0 Å². The third-order valence-corrected chi connectivity index (χ3v) is 4.40. The molecule has 0 fully saturated rings. The summed E-state index contributed by atoms with van der Waals surface area (Å²) in [5.74, 6) is 0. The lowest BCUT2D eigenvalue weighted by Gasteiger charge is -1.92. The van der Waals surface area contributed by atoms with Gasteiger partial charge in [-0.15, -0.1) is 0 Å². The second-order valence-corrected chi connectivity index (χ2v) is 5.27. The highest BCUT2D eigenvalue weighted by molar-refractivity contribution is 9.11. The summed E-state index contributed by atoms with van der Waals surface area (Å²) in [4.78, 5) is 0. The predicted octanol–water partition coefficient (Wildman–Crippen LogP) is 4.43. The molecule has 2 rings (SSSR count). The van der Waals surface area contributed by atoms with Gasteiger partial charge in [0.05, 0.1) is 11.6 Å². The van der Waals surface area contributed by atoms with Crippen molar-refractivity contribution in [1.29, 1.82) is 0 Å². The predicted molar refractivity (Wildman–Crippen MR) is 63.8 cm³/mol. The normalized spacial score (nSPS) is 10.7. The summed E-state index contributed by atoms with van der Waals surface area (Å²) in [5, 5.41) is 2.12. The third-order valence-electron chi connectivity index (χ3n) is 1.75. The van der Waals surface area contributed by atoms with Gasteiger partial charge < -0.3 is 4.74 Å². The zero-order valence-corrected chi connectivity index (χ0v) is 10.8. The number of hydrogen-bond acceptors (Lipinski definition) is 2. The molecule has 1 nitrogen and oxygen atoms in total. The quantitative estimate of drug-likeness (QED) is 0.754. The van der Waals surface area contributed by atoms with Crippen molar-refractivity contribution in [2.45, 2.75) is 0 Å². The van der Waals surface area contributed by atoms with Crippen molar-refractivity contribution in [2.24, 2.45) is 0 Å². The Kier molecular flexibility index (Phi) is 2.62. The van der Waals surface area contributed by atoms with Crippen molar-refractivity contribution in [1.82, 2.24) is 0 Å². The topological polar surface area (TPSA) is 9.23 Å². The number of rotatable bonds is 1. The highest BCUT2D eigenvalue weighted by atomic mass is 79.9. The average Bonchev–Trinajstić information content (AvgIpc) is 2.42. The molecule has 1 aromatic carbocycles. The van der Waals surface area contributed by atoms with E-state index >= 15 is 0 Å². The van der Waals surface area contributed by atoms with Crippen LogP contribution in [-0.4, -0.2) is 7.11 Å². The molecule has 0 bridgehead atoms. The van der Waals surface area contributed by atoms with Gasteiger partial charge in [0.1, 0.15) is 0 Å². The lowest BCUT2D eigenvalue weighted by atomic mass is 10.3. The average molecular weight is 322 g/mol. The molecule has 0 saturated heterocycles. The van der Waals surface area contributed by atoms with E-state index in [1.54, 1.807) is 18.4 Å². The summed E-state index contributed by atoms with van der Waals surface area (Å²) in [7, 11) is 1.69. The zero-order chi connectivity index (χ0) is 9.42. The molecule has 0 aliphatic carbocycles. The molecule has 0 unspecified atom stereocenters. The lowest BCUT2D eigenvalue weighted by Crippen LogP contribution is -1.76. The number of thiophene rings is 1. The Balaban J connectivity index is 2.76. The Bertz CT molecular complexity index is 450. The molecule has 0 saturated carbocycles. The van der Waals surface area contributed by atoms with E-state index in [1.165, 1.54) is 10.1 Å². The Morgan fingerprint density at radius 3 is 2.77 bits per heavy atom. The number of fused-ring (bicyclic) bond motifs is 1. The van der Waals surface area contributed by atoms with E-state index < -0.39 is 0 Å². The van der Waals surface area contributed by atoms with Crippen LogP contribution in [0.15, 0.2) is 27.1 Å². The maximum absolute atomic E-state index is 5.23. The molecule has 0 amide bonds. The van der Waals surface area contributed by atoms with E-state index in [2.05, 4.69) is 44.0 Å². The minimum Gasteiger partial charge on any atom is -0.486 e. The Morgan fingerprint density at radius 2 is 2.08 bits per heavy atom. The summed E-state index contributed by atoms with van der Waals surface area (Å²) in [6.07, 6.45) is 0. The number of benzene rings is 1.